The number of nitrogens with zero attached hydrogens (tertiary/aromatic N) is 2. The fourth-order valence-electron chi connectivity index (χ4n) is 4.03. The smallest absolute Gasteiger partial charge is 0.490 e. The maximum Gasteiger partial charge on any atom is 0.573 e. The predicted molar refractivity (Wildman–Crippen MR) is 107 cm³/mol. The number of likely N-dealkylation sites (tertiary alicyclic amines) is 1. The van der Waals surface area contributed by atoms with Crippen molar-refractivity contribution in [2.45, 2.75) is 42.9 Å². The van der Waals surface area contributed by atoms with Gasteiger partial charge in [0.15, 0.2) is 4.75 Å². The van der Waals surface area contributed by atoms with Gasteiger partial charge in [0.25, 0.3) is 5.91 Å². The van der Waals surface area contributed by atoms with Gasteiger partial charge >= 0.3 is 6.36 Å². The topological polar surface area (TPSA) is 108 Å². The molecule has 0 saturated carbocycles. The Morgan fingerprint density at radius 1 is 1.09 bits per heavy atom. The van der Waals surface area contributed by atoms with Crippen molar-refractivity contribution in [1.82, 2.24) is 14.7 Å². The summed E-state index contributed by atoms with van der Waals surface area (Å²) in [6.45, 7) is 1.05. The van der Waals surface area contributed by atoms with Gasteiger partial charge in [-0.2, -0.15) is 0 Å². The summed E-state index contributed by atoms with van der Waals surface area (Å²) in [5.41, 5.74) is 1.53. The molecule has 0 aromatic heterocycles. The molecule has 3 rings (SSSR count). The second-order valence-corrected chi connectivity index (χ2v) is 10.2. The molecule has 9 nitrogen and oxygen atoms in total. The lowest BCUT2D eigenvalue weighted by atomic mass is 9.95. The summed E-state index contributed by atoms with van der Waals surface area (Å²) < 4.78 is 72.6. The fourth-order valence-corrected chi connectivity index (χ4v) is 6.20. The Morgan fingerprint density at radius 2 is 1.62 bits per heavy atom. The highest BCUT2D eigenvalue weighted by Gasteiger charge is 2.54. The molecule has 0 unspecified atom stereocenters. The summed E-state index contributed by atoms with van der Waals surface area (Å²) in [6, 6.07) is 4.98. The average Bonchev–Trinajstić information content (AvgIpc) is 2.74. The second kappa shape index (κ2) is 9.41. The van der Waals surface area contributed by atoms with Crippen LogP contribution in [0.15, 0.2) is 24.3 Å². The minimum Gasteiger partial charge on any atom is -0.490 e. The van der Waals surface area contributed by atoms with Crippen LogP contribution in [0.1, 0.15) is 25.7 Å². The van der Waals surface area contributed by atoms with Gasteiger partial charge in [0.1, 0.15) is 17.6 Å². The van der Waals surface area contributed by atoms with Crippen LogP contribution < -0.4 is 15.0 Å². The molecule has 0 radical (unpaired) electrons. The van der Waals surface area contributed by atoms with Crippen LogP contribution in [0.25, 0.3) is 0 Å². The van der Waals surface area contributed by atoms with Gasteiger partial charge in [0, 0.05) is 13.1 Å². The first-order valence-corrected chi connectivity index (χ1v) is 11.6. The van der Waals surface area contributed by atoms with Crippen LogP contribution in [0.2, 0.25) is 0 Å². The summed E-state index contributed by atoms with van der Waals surface area (Å²) in [5, 5.41) is 9.18. The van der Waals surface area contributed by atoms with Crippen LogP contribution in [0.5, 0.6) is 11.5 Å². The normalized spacial score (nSPS) is 21.2. The number of carbonyl (C=O) groups is 1. The number of nitrogens with one attached hydrogen (secondary N) is 1. The molecule has 1 aromatic carbocycles. The summed E-state index contributed by atoms with van der Waals surface area (Å²) in [4.78, 5) is 14.3. The number of benzene rings is 1. The van der Waals surface area contributed by atoms with E-state index in [1.54, 1.807) is 0 Å². The highest BCUT2D eigenvalue weighted by Crippen LogP contribution is 2.35. The Labute approximate surface area is 184 Å². The fraction of sp³-hybridized carbons (Fsp3) is 0.632. The highest BCUT2D eigenvalue weighted by atomic mass is 32.2. The molecule has 180 valence electrons. The van der Waals surface area contributed by atoms with Crippen molar-refractivity contribution >= 4 is 15.9 Å². The molecule has 32 heavy (non-hydrogen) atoms. The molecule has 1 amide bonds. The number of alkyl halides is 3. The van der Waals surface area contributed by atoms with Crippen molar-refractivity contribution in [1.29, 1.82) is 0 Å². The van der Waals surface area contributed by atoms with Gasteiger partial charge in [-0.05, 0) is 70.1 Å². The maximum atomic E-state index is 13.4. The van der Waals surface area contributed by atoms with Gasteiger partial charge in [-0.25, -0.2) is 18.2 Å². The van der Waals surface area contributed by atoms with E-state index >= 15 is 0 Å². The first-order chi connectivity index (χ1) is 15.0. The number of sulfonamides is 1. The number of hydrogen-bond acceptors (Lipinski definition) is 7. The van der Waals surface area contributed by atoms with Crippen molar-refractivity contribution in [3.63, 3.8) is 0 Å². The van der Waals surface area contributed by atoms with E-state index in [4.69, 9.17) is 4.74 Å². The summed E-state index contributed by atoms with van der Waals surface area (Å²) in [5.74, 6) is -0.950. The van der Waals surface area contributed by atoms with Crippen LogP contribution in [0.3, 0.4) is 0 Å². The lowest BCUT2D eigenvalue weighted by molar-refractivity contribution is -0.274. The zero-order valence-corrected chi connectivity index (χ0v) is 18.3. The summed E-state index contributed by atoms with van der Waals surface area (Å²) in [6.07, 6.45) is -4.29. The summed E-state index contributed by atoms with van der Waals surface area (Å²) >= 11 is 0. The van der Waals surface area contributed by atoms with Gasteiger partial charge in [-0.15, -0.1) is 13.2 Å². The molecule has 2 aliphatic heterocycles. The zero-order chi connectivity index (χ0) is 23.6. The van der Waals surface area contributed by atoms with Crippen molar-refractivity contribution in [2.75, 3.05) is 33.2 Å². The maximum absolute atomic E-state index is 13.4. The number of hydrogen-bond donors (Lipinski definition) is 2. The third kappa shape index (κ3) is 5.27. The quantitative estimate of drug-likeness (QED) is 0.471. The predicted octanol–water partition coefficient (Wildman–Crippen LogP) is 1.73. The first-order valence-electron chi connectivity index (χ1n) is 10.1. The van der Waals surface area contributed by atoms with Gasteiger partial charge in [-0.3, -0.25) is 10.0 Å². The Hall–Kier alpha value is -2.09. The van der Waals surface area contributed by atoms with Crippen molar-refractivity contribution in [3.8, 4) is 11.5 Å². The molecule has 1 aromatic rings. The molecule has 2 saturated heterocycles. The molecular formula is C19H26F3N3O6S. The van der Waals surface area contributed by atoms with E-state index in [0.717, 1.165) is 12.1 Å². The van der Waals surface area contributed by atoms with Crippen LogP contribution in [-0.4, -0.2) is 79.2 Å². The SMILES string of the molecule is CN1CCC(C(=O)NO)(S(=O)(=O)N2CCC(Oc3ccc(OC(F)(F)F)cc3)CC2)CC1. The van der Waals surface area contributed by atoms with Crippen molar-refractivity contribution in [2.24, 2.45) is 0 Å². The van der Waals surface area contributed by atoms with E-state index in [9.17, 15) is 31.6 Å². The molecule has 2 aliphatic rings. The number of carbonyl (C=O) groups excluding carboxylic acids is 1. The number of ether oxygens (including phenoxy) is 2. The Morgan fingerprint density at radius 3 is 2.12 bits per heavy atom. The van der Waals surface area contributed by atoms with Gasteiger partial charge in [0.05, 0.1) is 0 Å². The molecule has 0 spiro atoms. The molecule has 0 aliphatic carbocycles. The van der Waals surface area contributed by atoms with E-state index in [0.29, 0.717) is 31.7 Å². The number of halogens is 3. The monoisotopic (exact) mass is 481 g/mol. The lowest BCUT2D eigenvalue weighted by Gasteiger charge is -2.42. The van der Waals surface area contributed by atoms with Crippen LogP contribution in [0, 0.1) is 0 Å². The molecule has 0 bridgehead atoms. The average molecular weight is 481 g/mol. The van der Waals surface area contributed by atoms with Crippen molar-refractivity contribution in [3.05, 3.63) is 24.3 Å². The van der Waals surface area contributed by atoms with Gasteiger partial charge in [-0.1, -0.05) is 0 Å². The lowest BCUT2D eigenvalue weighted by Crippen LogP contribution is -2.62. The number of piperidine rings is 2. The Bertz CT molecular complexity index is 894. The first kappa shape index (κ1) is 24.6. The summed E-state index contributed by atoms with van der Waals surface area (Å²) in [7, 11) is -2.21. The molecule has 2 N–H and O–H groups in total. The van der Waals surface area contributed by atoms with E-state index in [1.807, 2.05) is 11.9 Å². The van der Waals surface area contributed by atoms with Gasteiger partial charge < -0.3 is 14.4 Å². The molecule has 13 heteroatoms. The second-order valence-electron chi connectivity index (χ2n) is 7.98. The molecular weight excluding hydrogens is 455 g/mol. The van der Waals surface area contributed by atoms with E-state index in [2.05, 4.69) is 4.74 Å². The standard InChI is InChI=1S/C19H26F3N3O6S/c1-24-12-8-18(9-13-24,17(26)23-27)32(28,29)25-10-6-15(7-11-25)30-14-2-4-16(5-3-14)31-19(20,21)22/h2-5,15,27H,6-13H2,1H3,(H,23,26). The molecule has 0 atom stereocenters. The highest BCUT2D eigenvalue weighted by molar-refractivity contribution is 7.91. The third-order valence-electron chi connectivity index (χ3n) is 5.90. The number of rotatable bonds is 6. The van der Waals surface area contributed by atoms with Crippen LogP contribution in [-0.2, 0) is 14.8 Å². The largest absolute Gasteiger partial charge is 0.573 e. The number of amides is 1. The minimum absolute atomic E-state index is 0.0704. The van der Waals surface area contributed by atoms with E-state index in [1.165, 1.54) is 21.9 Å². The van der Waals surface area contributed by atoms with Crippen molar-refractivity contribution < 1.29 is 41.1 Å². The van der Waals surface area contributed by atoms with Crippen LogP contribution >= 0.6 is 0 Å². The molecule has 2 heterocycles. The molecule has 2 fully saturated rings. The zero-order valence-electron chi connectivity index (χ0n) is 17.5. The van der Waals surface area contributed by atoms with E-state index < -0.39 is 27.0 Å². The Balaban J connectivity index is 1.62. The number of hydroxylamine groups is 1. The third-order valence-corrected chi connectivity index (χ3v) is 8.53. The minimum atomic E-state index is -4.78. The Kier molecular flexibility index (Phi) is 7.22. The van der Waals surface area contributed by atoms with Gasteiger partial charge in [0.2, 0.25) is 10.0 Å². The van der Waals surface area contributed by atoms with Crippen LogP contribution in [0.4, 0.5) is 13.2 Å². The van der Waals surface area contributed by atoms with E-state index in [-0.39, 0.29) is 37.8 Å².